The van der Waals surface area contributed by atoms with E-state index in [1.54, 1.807) is 0 Å². The summed E-state index contributed by atoms with van der Waals surface area (Å²) in [7, 11) is 0. The normalized spacial score (nSPS) is 11.9. The number of carbonyl (C=O) groups is 3. The van der Waals surface area contributed by atoms with Crippen LogP contribution in [0.15, 0.2) is 35.4 Å². The number of amides is 4. The number of nitrogens with zero attached hydrogens (tertiary/aromatic N) is 1. The molecule has 0 saturated heterocycles. The molecule has 0 fully saturated rings. The SMILES string of the molecule is NCC(=O)NC(=O)[C@H](Cc1ccccc1)NC/C=N/NC(N)=O. The fraction of sp³-hybridized carbons (Fsp3) is 0.286. The second-order valence-corrected chi connectivity index (χ2v) is 4.55. The van der Waals surface area contributed by atoms with Crippen molar-refractivity contribution < 1.29 is 14.4 Å². The number of imide groups is 1. The zero-order chi connectivity index (χ0) is 17.1. The largest absolute Gasteiger partial charge is 0.350 e. The van der Waals surface area contributed by atoms with Crippen LogP contribution in [0, 0.1) is 0 Å². The van der Waals surface area contributed by atoms with Crippen LogP contribution in [-0.2, 0) is 16.0 Å². The quantitative estimate of drug-likeness (QED) is 0.290. The minimum Gasteiger partial charge on any atom is -0.350 e. The highest BCUT2D eigenvalue weighted by Gasteiger charge is 2.19. The summed E-state index contributed by atoms with van der Waals surface area (Å²) < 4.78 is 0. The smallest absolute Gasteiger partial charge is 0.332 e. The summed E-state index contributed by atoms with van der Waals surface area (Å²) >= 11 is 0. The molecule has 9 nitrogen and oxygen atoms in total. The van der Waals surface area contributed by atoms with E-state index in [0.717, 1.165) is 5.56 Å². The Morgan fingerprint density at radius 1 is 1.22 bits per heavy atom. The highest BCUT2D eigenvalue weighted by Crippen LogP contribution is 2.03. The first-order valence-electron chi connectivity index (χ1n) is 6.91. The summed E-state index contributed by atoms with van der Waals surface area (Å²) in [6.45, 7) is -0.0736. The predicted octanol–water partition coefficient (Wildman–Crippen LogP) is -1.56. The van der Waals surface area contributed by atoms with E-state index in [4.69, 9.17) is 11.5 Å². The van der Waals surface area contributed by atoms with E-state index in [0.29, 0.717) is 6.42 Å². The monoisotopic (exact) mass is 320 g/mol. The molecular formula is C14H20N6O3. The number of hydrazone groups is 1. The first kappa shape index (κ1) is 18.3. The standard InChI is InChI=1S/C14H20N6O3/c15-9-12(21)19-13(22)11(8-10-4-2-1-3-5-10)17-6-7-18-20-14(16)23/h1-5,7,11,17H,6,8-9,15H2,(H3,16,20,23)(H,19,21,22)/b18-7+/t11-/m0/s1. The molecule has 23 heavy (non-hydrogen) atoms. The van der Waals surface area contributed by atoms with Crippen molar-refractivity contribution in [2.24, 2.45) is 16.6 Å². The molecule has 4 amide bonds. The maximum atomic E-state index is 12.1. The lowest BCUT2D eigenvalue weighted by Crippen LogP contribution is -2.49. The number of benzene rings is 1. The Balaban J connectivity index is 2.64. The van der Waals surface area contributed by atoms with Crippen molar-refractivity contribution in [2.75, 3.05) is 13.1 Å². The molecule has 0 aliphatic heterocycles. The van der Waals surface area contributed by atoms with Gasteiger partial charge in [-0.3, -0.25) is 14.9 Å². The first-order chi connectivity index (χ1) is 11.0. The van der Waals surface area contributed by atoms with Crippen LogP contribution in [0.4, 0.5) is 4.79 Å². The van der Waals surface area contributed by atoms with Crippen molar-refractivity contribution in [2.45, 2.75) is 12.5 Å². The number of nitrogens with one attached hydrogen (secondary N) is 3. The summed E-state index contributed by atoms with van der Waals surface area (Å²) in [6.07, 6.45) is 1.72. The molecule has 0 saturated carbocycles. The molecule has 0 radical (unpaired) electrons. The molecule has 0 aliphatic rings. The lowest BCUT2D eigenvalue weighted by molar-refractivity contribution is -0.130. The maximum absolute atomic E-state index is 12.1. The summed E-state index contributed by atoms with van der Waals surface area (Å²) in [4.78, 5) is 33.8. The molecule has 1 aromatic rings. The summed E-state index contributed by atoms with van der Waals surface area (Å²) in [5.74, 6) is -1.04. The molecule has 1 rings (SSSR count). The van der Waals surface area contributed by atoms with Crippen molar-refractivity contribution in [1.82, 2.24) is 16.1 Å². The van der Waals surface area contributed by atoms with Gasteiger partial charge in [-0.2, -0.15) is 5.10 Å². The molecule has 124 valence electrons. The van der Waals surface area contributed by atoms with Crippen LogP contribution in [0.2, 0.25) is 0 Å². The van der Waals surface area contributed by atoms with Crippen molar-refractivity contribution >= 4 is 24.1 Å². The van der Waals surface area contributed by atoms with Crippen LogP contribution in [0.3, 0.4) is 0 Å². The van der Waals surface area contributed by atoms with Gasteiger partial charge in [0.2, 0.25) is 11.8 Å². The third-order valence-electron chi connectivity index (χ3n) is 2.77. The lowest BCUT2D eigenvalue weighted by atomic mass is 10.1. The van der Waals surface area contributed by atoms with Crippen molar-refractivity contribution in [1.29, 1.82) is 0 Å². The van der Waals surface area contributed by atoms with E-state index < -0.39 is 23.9 Å². The van der Waals surface area contributed by atoms with E-state index in [2.05, 4.69) is 15.7 Å². The van der Waals surface area contributed by atoms with Gasteiger partial charge in [0.05, 0.1) is 12.6 Å². The molecule has 0 heterocycles. The average molecular weight is 320 g/mol. The predicted molar refractivity (Wildman–Crippen MR) is 85.4 cm³/mol. The van der Waals surface area contributed by atoms with E-state index in [1.807, 2.05) is 35.8 Å². The fourth-order valence-electron chi connectivity index (χ4n) is 1.73. The van der Waals surface area contributed by atoms with Gasteiger partial charge in [0, 0.05) is 12.8 Å². The Hall–Kier alpha value is -2.78. The van der Waals surface area contributed by atoms with Gasteiger partial charge in [-0.25, -0.2) is 10.2 Å². The molecule has 1 aromatic carbocycles. The zero-order valence-electron chi connectivity index (χ0n) is 12.5. The van der Waals surface area contributed by atoms with Gasteiger partial charge >= 0.3 is 6.03 Å². The van der Waals surface area contributed by atoms with E-state index in [9.17, 15) is 14.4 Å². The van der Waals surface area contributed by atoms with Crippen LogP contribution >= 0.6 is 0 Å². The lowest BCUT2D eigenvalue weighted by Gasteiger charge is -2.17. The Morgan fingerprint density at radius 2 is 1.91 bits per heavy atom. The van der Waals surface area contributed by atoms with Gasteiger partial charge in [-0.05, 0) is 12.0 Å². The minimum absolute atomic E-state index is 0.196. The molecule has 9 heteroatoms. The van der Waals surface area contributed by atoms with Gasteiger partial charge in [0.1, 0.15) is 0 Å². The third kappa shape index (κ3) is 7.69. The highest BCUT2D eigenvalue weighted by atomic mass is 16.2. The number of hydrogen-bond acceptors (Lipinski definition) is 6. The Kier molecular flexibility index (Phi) is 7.97. The second-order valence-electron chi connectivity index (χ2n) is 4.55. The Morgan fingerprint density at radius 3 is 2.52 bits per heavy atom. The van der Waals surface area contributed by atoms with Crippen molar-refractivity contribution in [3.05, 3.63) is 35.9 Å². The summed E-state index contributed by atoms with van der Waals surface area (Å²) in [5, 5.41) is 8.69. The molecule has 0 unspecified atom stereocenters. The minimum atomic E-state index is -0.784. The van der Waals surface area contributed by atoms with Gasteiger partial charge in [0.25, 0.3) is 0 Å². The van der Waals surface area contributed by atoms with Crippen LogP contribution in [0.1, 0.15) is 5.56 Å². The number of primary amides is 1. The second kappa shape index (κ2) is 10.0. The number of nitrogens with two attached hydrogens (primary N) is 2. The number of urea groups is 1. The molecule has 0 spiro atoms. The fourth-order valence-corrected chi connectivity index (χ4v) is 1.73. The summed E-state index contributed by atoms with van der Waals surface area (Å²) in [6, 6.07) is 7.87. The van der Waals surface area contributed by atoms with Crippen molar-refractivity contribution in [3.63, 3.8) is 0 Å². The Labute approximate surface area is 133 Å². The average Bonchev–Trinajstić information content (AvgIpc) is 2.53. The molecule has 0 aliphatic carbocycles. The molecule has 7 N–H and O–H groups in total. The van der Waals surface area contributed by atoms with Crippen molar-refractivity contribution in [3.8, 4) is 0 Å². The summed E-state index contributed by atoms with van der Waals surface area (Å²) in [5.41, 5.74) is 13.0. The van der Waals surface area contributed by atoms with Crippen LogP contribution in [-0.4, -0.2) is 43.2 Å². The molecule has 0 bridgehead atoms. The number of hydrogen-bond donors (Lipinski definition) is 5. The first-order valence-corrected chi connectivity index (χ1v) is 6.91. The van der Waals surface area contributed by atoms with Crippen LogP contribution in [0.5, 0.6) is 0 Å². The molecule has 1 atom stereocenters. The zero-order valence-corrected chi connectivity index (χ0v) is 12.5. The van der Waals surface area contributed by atoms with Gasteiger partial charge < -0.3 is 16.8 Å². The van der Waals surface area contributed by atoms with Gasteiger partial charge in [0.15, 0.2) is 0 Å². The molecule has 0 aromatic heterocycles. The van der Waals surface area contributed by atoms with E-state index >= 15 is 0 Å². The van der Waals surface area contributed by atoms with Crippen LogP contribution < -0.4 is 27.5 Å². The van der Waals surface area contributed by atoms with Gasteiger partial charge in [-0.1, -0.05) is 30.3 Å². The Bertz CT molecular complexity index is 561. The maximum Gasteiger partial charge on any atom is 0.332 e. The van der Waals surface area contributed by atoms with E-state index in [1.165, 1.54) is 6.21 Å². The molecular weight excluding hydrogens is 300 g/mol. The number of rotatable bonds is 8. The third-order valence-corrected chi connectivity index (χ3v) is 2.77. The topological polar surface area (TPSA) is 152 Å². The van der Waals surface area contributed by atoms with Gasteiger partial charge in [-0.15, -0.1) is 0 Å². The van der Waals surface area contributed by atoms with E-state index in [-0.39, 0.29) is 13.1 Å². The van der Waals surface area contributed by atoms with Crippen LogP contribution in [0.25, 0.3) is 0 Å². The number of carbonyl (C=O) groups excluding carboxylic acids is 3. The highest BCUT2D eigenvalue weighted by molar-refractivity contribution is 5.98.